The van der Waals surface area contributed by atoms with Crippen molar-refractivity contribution in [2.75, 3.05) is 6.54 Å². The maximum absolute atomic E-state index is 4.14. The number of rotatable bonds is 5. The highest BCUT2D eigenvalue weighted by Crippen LogP contribution is 1.93. The van der Waals surface area contributed by atoms with E-state index in [-0.39, 0.29) is 0 Å². The average molecular weight is 180 g/mol. The van der Waals surface area contributed by atoms with Crippen LogP contribution in [0.3, 0.4) is 0 Å². The van der Waals surface area contributed by atoms with Crippen LogP contribution in [0.25, 0.3) is 0 Å². The summed E-state index contributed by atoms with van der Waals surface area (Å²) < 4.78 is 1.88. The molecule has 0 aliphatic rings. The largest absolute Gasteiger partial charge is 0.306 e. The smallest absolute Gasteiger partial charge is 0.140 e. The van der Waals surface area contributed by atoms with Crippen LogP contribution in [-0.4, -0.2) is 21.3 Å². The summed E-state index contributed by atoms with van der Waals surface area (Å²) in [5.41, 5.74) is 1.13. The van der Waals surface area contributed by atoms with Gasteiger partial charge < -0.3 is 5.32 Å². The van der Waals surface area contributed by atoms with Crippen LogP contribution in [0.4, 0.5) is 0 Å². The van der Waals surface area contributed by atoms with Crippen molar-refractivity contribution >= 4 is 0 Å². The summed E-state index contributed by atoms with van der Waals surface area (Å²) in [4.78, 5) is 4.14. The lowest BCUT2D eigenvalue weighted by molar-refractivity contribution is 0.584. The Morgan fingerprint density at radius 3 is 3.08 bits per heavy atom. The fraction of sp³-hybridized carbons (Fsp3) is 0.556. The van der Waals surface area contributed by atoms with Crippen LogP contribution in [0.1, 0.15) is 19.7 Å². The van der Waals surface area contributed by atoms with E-state index in [9.17, 15) is 0 Å². The monoisotopic (exact) mass is 180 g/mol. The number of nitrogens with one attached hydrogen (secondary N) is 1. The first kappa shape index (κ1) is 9.92. The molecule has 72 valence electrons. The van der Waals surface area contributed by atoms with E-state index in [1.807, 2.05) is 11.6 Å². The molecule has 0 fully saturated rings. The number of aryl methyl sites for hydroxylation is 1. The summed E-state index contributed by atoms with van der Waals surface area (Å²) in [5, 5.41) is 7.31. The second-order valence-electron chi connectivity index (χ2n) is 3.05. The molecule has 0 saturated carbocycles. The molecule has 0 spiro atoms. The zero-order valence-corrected chi connectivity index (χ0v) is 8.25. The van der Waals surface area contributed by atoms with E-state index in [2.05, 4.69) is 28.9 Å². The molecule has 0 atom stereocenters. The Morgan fingerprint density at radius 2 is 2.46 bits per heavy atom. The van der Waals surface area contributed by atoms with Gasteiger partial charge in [0.1, 0.15) is 12.2 Å². The van der Waals surface area contributed by atoms with Crippen molar-refractivity contribution in [1.82, 2.24) is 20.1 Å². The molecule has 13 heavy (non-hydrogen) atoms. The van der Waals surface area contributed by atoms with Crippen LogP contribution in [0.2, 0.25) is 0 Å². The molecule has 4 nitrogen and oxygen atoms in total. The van der Waals surface area contributed by atoms with Crippen LogP contribution >= 0.6 is 0 Å². The Hall–Kier alpha value is -1.16. The minimum Gasteiger partial charge on any atom is -0.306 e. The number of nitrogens with zero attached hydrogens (tertiary/aromatic N) is 3. The van der Waals surface area contributed by atoms with E-state index in [0.717, 1.165) is 31.0 Å². The molecule has 1 N–H and O–H groups in total. The van der Waals surface area contributed by atoms with Crippen LogP contribution in [0, 0.1) is 0 Å². The summed E-state index contributed by atoms with van der Waals surface area (Å²) in [6.07, 6.45) is 1.58. The van der Waals surface area contributed by atoms with Gasteiger partial charge in [-0.15, -0.1) is 0 Å². The maximum atomic E-state index is 4.14. The van der Waals surface area contributed by atoms with Gasteiger partial charge in [-0.25, -0.2) is 9.67 Å². The first-order valence-corrected chi connectivity index (χ1v) is 4.45. The number of hydrogen-bond acceptors (Lipinski definition) is 3. The standard InChI is InChI=1S/C9H16N4/c1-4-13-9(11-7-12-13)6-10-5-8(2)3/h7,10H,2,4-6H2,1,3H3. The SMILES string of the molecule is C=C(C)CNCc1ncnn1CC. The highest BCUT2D eigenvalue weighted by Gasteiger charge is 2.00. The molecule has 0 unspecified atom stereocenters. The first-order chi connectivity index (χ1) is 6.24. The van der Waals surface area contributed by atoms with E-state index in [4.69, 9.17) is 0 Å². The maximum Gasteiger partial charge on any atom is 0.140 e. The minimum atomic E-state index is 0.751. The molecule has 0 aromatic carbocycles. The fourth-order valence-electron chi connectivity index (χ4n) is 1.08. The highest BCUT2D eigenvalue weighted by atomic mass is 15.3. The fourth-order valence-corrected chi connectivity index (χ4v) is 1.08. The minimum absolute atomic E-state index is 0.751. The quantitative estimate of drug-likeness (QED) is 0.686. The Morgan fingerprint density at radius 1 is 1.69 bits per heavy atom. The predicted octanol–water partition coefficient (Wildman–Crippen LogP) is 0.964. The van der Waals surface area contributed by atoms with Gasteiger partial charge >= 0.3 is 0 Å². The van der Waals surface area contributed by atoms with Crippen molar-refractivity contribution in [2.45, 2.75) is 26.9 Å². The molecule has 4 heteroatoms. The topological polar surface area (TPSA) is 42.7 Å². The van der Waals surface area contributed by atoms with Gasteiger partial charge in [0.25, 0.3) is 0 Å². The van der Waals surface area contributed by atoms with Crippen molar-refractivity contribution in [3.05, 3.63) is 24.3 Å². The molecule has 1 aromatic heterocycles. The molecule has 1 rings (SSSR count). The Kier molecular flexibility index (Phi) is 3.64. The second-order valence-corrected chi connectivity index (χ2v) is 3.05. The van der Waals surface area contributed by atoms with Crippen LogP contribution in [0.15, 0.2) is 18.5 Å². The normalized spacial score (nSPS) is 10.3. The third-order valence-electron chi connectivity index (χ3n) is 1.71. The lowest BCUT2D eigenvalue weighted by atomic mass is 10.3. The van der Waals surface area contributed by atoms with E-state index in [1.165, 1.54) is 0 Å². The molecular weight excluding hydrogens is 164 g/mol. The molecule has 0 bridgehead atoms. The van der Waals surface area contributed by atoms with Crippen LogP contribution < -0.4 is 5.32 Å². The zero-order valence-electron chi connectivity index (χ0n) is 8.25. The second kappa shape index (κ2) is 4.77. The molecule has 0 radical (unpaired) electrons. The third kappa shape index (κ3) is 2.99. The molecule has 1 heterocycles. The van der Waals surface area contributed by atoms with Crippen molar-refractivity contribution in [3.8, 4) is 0 Å². The summed E-state index contributed by atoms with van der Waals surface area (Å²) in [5.74, 6) is 0.976. The molecular formula is C9H16N4. The molecule has 0 saturated heterocycles. The van der Waals surface area contributed by atoms with Gasteiger partial charge in [-0.1, -0.05) is 12.2 Å². The summed E-state index contributed by atoms with van der Waals surface area (Å²) in [6, 6.07) is 0. The van der Waals surface area contributed by atoms with Gasteiger partial charge in [-0.05, 0) is 13.8 Å². The van der Waals surface area contributed by atoms with Crippen molar-refractivity contribution in [3.63, 3.8) is 0 Å². The lowest BCUT2D eigenvalue weighted by Gasteiger charge is -2.04. The Balaban J connectivity index is 2.40. The zero-order chi connectivity index (χ0) is 9.68. The lowest BCUT2D eigenvalue weighted by Crippen LogP contribution is -2.18. The predicted molar refractivity (Wildman–Crippen MR) is 52.2 cm³/mol. The van der Waals surface area contributed by atoms with Crippen molar-refractivity contribution < 1.29 is 0 Å². The average Bonchev–Trinajstić information content (AvgIpc) is 2.51. The van der Waals surface area contributed by atoms with Gasteiger partial charge in [-0.2, -0.15) is 5.10 Å². The molecule has 0 aliphatic heterocycles. The van der Waals surface area contributed by atoms with Gasteiger partial charge in [-0.3, -0.25) is 0 Å². The number of hydrogen-bond donors (Lipinski definition) is 1. The van der Waals surface area contributed by atoms with Gasteiger partial charge in [0.2, 0.25) is 0 Å². The molecule has 0 amide bonds. The van der Waals surface area contributed by atoms with Crippen molar-refractivity contribution in [2.24, 2.45) is 0 Å². The molecule has 1 aromatic rings. The summed E-state index contributed by atoms with van der Waals surface area (Å²) in [6.45, 7) is 10.3. The van der Waals surface area contributed by atoms with Crippen LogP contribution in [0.5, 0.6) is 0 Å². The third-order valence-corrected chi connectivity index (χ3v) is 1.71. The van der Waals surface area contributed by atoms with Gasteiger partial charge in [0.05, 0.1) is 6.54 Å². The highest BCUT2D eigenvalue weighted by molar-refractivity contribution is 4.92. The summed E-state index contributed by atoms with van der Waals surface area (Å²) >= 11 is 0. The van der Waals surface area contributed by atoms with E-state index in [1.54, 1.807) is 6.33 Å². The van der Waals surface area contributed by atoms with Crippen LogP contribution in [-0.2, 0) is 13.1 Å². The Bertz CT molecular complexity index is 277. The molecule has 0 aliphatic carbocycles. The first-order valence-electron chi connectivity index (χ1n) is 4.45. The summed E-state index contributed by atoms with van der Waals surface area (Å²) in [7, 11) is 0. The number of aromatic nitrogens is 3. The van der Waals surface area contributed by atoms with Gasteiger partial charge in [0, 0.05) is 13.1 Å². The Labute approximate surface area is 78.7 Å². The van der Waals surface area contributed by atoms with E-state index in [0.29, 0.717) is 0 Å². The van der Waals surface area contributed by atoms with E-state index >= 15 is 0 Å². The van der Waals surface area contributed by atoms with Crippen molar-refractivity contribution in [1.29, 1.82) is 0 Å². The van der Waals surface area contributed by atoms with Gasteiger partial charge in [0.15, 0.2) is 0 Å². The van der Waals surface area contributed by atoms with E-state index < -0.39 is 0 Å².